The van der Waals surface area contributed by atoms with Gasteiger partial charge >= 0.3 is 5.97 Å². The van der Waals surface area contributed by atoms with Crippen molar-refractivity contribution in [1.29, 1.82) is 0 Å². The Hall–Kier alpha value is -3.29. The summed E-state index contributed by atoms with van der Waals surface area (Å²) in [5.74, 6) is 0.352. The fourth-order valence-electron chi connectivity index (χ4n) is 6.40. The summed E-state index contributed by atoms with van der Waals surface area (Å²) < 4.78 is 21.1. The lowest BCUT2D eigenvalue weighted by Gasteiger charge is -2.76. The minimum absolute atomic E-state index is 0.0640. The van der Waals surface area contributed by atoms with Gasteiger partial charge in [-0.05, 0) is 66.3 Å². The molecule has 8 heteroatoms. The van der Waals surface area contributed by atoms with Gasteiger partial charge in [0.15, 0.2) is 5.65 Å². The number of nitrogens with zero attached hydrogens (tertiary/aromatic N) is 3. The van der Waals surface area contributed by atoms with Gasteiger partial charge in [-0.1, -0.05) is 13.8 Å². The number of amides is 1. The number of ether oxygens (including phenoxy) is 1. The van der Waals surface area contributed by atoms with Gasteiger partial charge in [0.1, 0.15) is 11.5 Å². The number of pyridine rings is 1. The van der Waals surface area contributed by atoms with Crippen LogP contribution in [0.15, 0.2) is 36.7 Å². The van der Waals surface area contributed by atoms with Gasteiger partial charge in [-0.3, -0.25) is 9.59 Å². The number of aromatic nitrogens is 3. The van der Waals surface area contributed by atoms with Crippen LogP contribution in [0.2, 0.25) is 0 Å². The first kappa shape index (κ1) is 20.3. The van der Waals surface area contributed by atoms with Crippen LogP contribution in [0.4, 0.5) is 10.1 Å². The van der Waals surface area contributed by atoms with E-state index in [1.165, 1.54) is 17.9 Å². The quantitative estimate of drug-likeness (QED) is 0.595. The highest BCUT2D eigenvalue weighted by Crippen LogP contribution is 2.79. The van der Waals surface area contributed by atoms with E-state index in [1.54, 1.807) is 24.5 Å². The van der Waals surface area contributed by atoms with E-state index in [4.69, 9.17) is 4.74 Å². The van der Waals surface area contributed by atoms with Crippen LogP contribution >= 0.6 is 0 Å². The Morgan fingerprint density at radius 3 is 2.67 bits per heavy atom. The molecule has 3 saturated carbocycles. The van der Waals surface area contributed by atoms with Crippen molar-refractivity contribution < 1.29 is 18.7 Å². The van der Waals surface area contributed by atoms with Gasteiger partial charge in [0, 0.05) is 29.4 Å². The largest absolute Gasteiger partial charge is 0.469 e. The maximum absolute atomic E-state index is 14.7. The summed E-state index contributed by atoms with van der Waals surface area (Å²) in [7, 11) is 1.43. The number of hydrogen-bond acceptors (Lipinski definition) is 5. The third-order valence-corrected chi connectivity index (χ3v) is 8.08. The molecule has 1 N–H and O–H groups in total. The molecule has 2 unspecified atom stereocenters. The average molecular weight is 448 g/mol. The van der Waals surface area contributed by atoms with E-state index < -0.39 is 5.82 Å². The third kappa shape index (κ3) is 2.72. The number of anilines is 1. The molecule has 2 atom stereocenters. The molecule has 3 aliphatic rings. The number of carbonyl (C=O) groups excluding carboxylic acids is 2. The minimum atomic E-state index is -0.436. The Labute approximate surface area is 190 Å². The van der Waals surface area contributed by atoms with Crippen molar-refractivity contribution in [3.8, 4) is 5.69 Å². The number of hydrogen-bond donors (Lipinski definition) is 1. The number of benzene rings is 1. The average Bonchev–Trinajstić information content (AvgIpc) is 3.21. The summed E-state index contributed by atoms with van der Waals surface area (Å²) in [4.78, 5) is 29.4. The van der Waals surface area contributed by atoms with Crippen molar-refractivity contribution in [2.45, 2.75) is 32.6 Å². The van der Waals surface area contributed by atoms with Crippen molar-refractivity contribution >= 4 is 28.6 Å². The Morgan fingerprint density at radius 1 is 1.24 bits per heavy atom. The predicted molar refractivity (Wildman–Crippen MR) is 119 cm³/mol. The molecule has 3 aromatic rings. The molecular weight excluding hydrogens is 423 g/mol. The van der Waals surface area contributed by atoms with Gasteiger partial charge in [-0.15, -0.1) is 5.10 Å². The number of methoxy groups -OCH3 is 1. The normalized spacial score (nSPS) is 29.0. The van der Waals surface area contributed by atoms with E-state index in [0.717, 1.165) is 23.8 Å². The number of carbonyl (C=O) groups is 2. The van der Waals surface area contributed by atoms with Crippen LogP contribution in [0.5, 0.6) is 0 Å². The molecule has 0 spiro atoms. The summed E-state index contributed by atoms with van der Waals surface area (Å²) in [5, 5.41) is 8.21. The molecular formula is C25H25FN4O3. The first-order valence-corrected chi connectivity index (χ1v) is 11.4. The molecule has 1 amide bonds. The molecule has 3 fully saturated rings. The second-order valence-corrected chi connectivity index (χ2v) is 10.0. The third-order valence-electron chi connectivity index (χ3n) is 8.08. The zero-order valence-electron chi connectivity index (χ0n) is 18.7. The van der Waals surface area contributed by atoms with Crippen molar-refractivity contribution in [2.75, 3.05) is 12.4 Å². The zero-order valence-corrected chi connectivity index (χ0v) is 18.7. The van der Waals surface area contributed by atoms with E-state index in [1.807, 2.05) is 6.07 Å². The number of rotatable bonds is 5. The van der Waals surface area contributed by atoms with Gasteiger partial charge in [-0.2, -0.15) is 0 Å². The minimum Gasteiger partial charge on any atom is -0.469 e. The van der Waals surface area contributed by atoms with E-state index >= 15 is 0 Å². The summed E-state index contributed by atoms with van der Waals surface area (Å²) in [6, 6.07) is 6.51. The monoisotopic (exact) mass is 448 g/mol. The van der Waals surface area contributed by atoms with Crippen LogP contribution in [-0.4, -0.2) is 33.8 Å². The SMILES string of the molecule is COC(=O)C12CC3C(C(=O)Nc4ccc(F)c(-n5cc6cc(C(C)C)cnc6n5)c4)C(C1)C32. The molecule has 0 bridgehead atoms. The van der Waals surface area contributed by atoms with Gasteiger partial charge in [0.05, 0.1) is 12.5 Å². The van der Waals surface area contributed by atoms with Crippen LogP contribution in [0.1, 0.15) is 38.2 Å². The molecule has 170 valence electrons. The van der Waals surface area contributed by atoms with Crippen LogP contribution < -0.4 is 5.32 Å². The van der Waals surface area contributed by atoms with Crippen LogP contribution in [0.25, 0.3) is 16.7 Å². The summed E-state index contributed by atoms with van der Waals surface area (Å²) in [6.45, 7) is 4.18. The van der Waals surface area contributed by atoms with Crippen LogP contribution in [0, 0.1) is 34.9 Å². The van der Waals surface area contributed by atoms with Gasteiger partial charge < -0.3 is 10.1 Å². The number of esters is 1. The highest BCUT2D eigenvalue weighted by Gasteiger charge is 2.80. The second kappa shape index (κ2) is 6.85. The van der Waals surface area contributed by atoms with Crippen LogP contribution in [-0.2, 0) is 14.3 Å². The zero-order chi connectivity index (χ0) is 23.1. The molecule has 0 saturated heterocycles. The molecule has 1 aromatic carbocycles. The lowest BCUT2D eigenvalue weighted by molar-refractivity contribution is -0.297. The molecule has 7 nitrogen and oxygen atoms in total. The molecule has 0 radical (unpaired) electrons. The smallest absolute Gasteiger partial charge is 0.312 e. The molecule has 6 rings (SSSR count). The molecule has 3 aliphatic carbocycles. The van der Waals surface area contributed by atoms with Gasteiger partial charge in [0.25, 0.3) is 0 Å². The Kier molecular flexibility index (Phi) is 4.22. The number of nitrogens with one attached hydrogen (secondary N) is 1. The highest BCUT2D eigenvalue weighted by atomic mass is 19.1. The van der Waals surface area contributed by atoms with Crippen molar-refractivity contribution in [1.82, 2.24) is 14.8 Å². The highest BCUT2D eigenvalue weighted by molar-refractivity contribution is 5.96. The van der Waals surface area contributed by atoms with E-state index in [2.05, 4.69) is 29.2 Å². The lowest BCUT2D eigenvalue weighted by Crippen LogP contribution is -2.78. The van der Waals surface area contributed by atoms with Crippen LogP contribution in [0.3, 0.4) is 0 Å². The number of fused-ring (bicyclic) bond motifs is 1. The molecule has 0 aliphatic heterocycles. The molecule has 2 heterocycles. The summed E-state index contributed by atoms with van der Waals surface area (Å²) >= 11 is 0. The fraction of sp³-hybridized carbons (Fsp3) is 0.440. The molecule has 2 aromatic heterocycles. The lowest BCUT2D eigenvalue weighted by atomic mass is 9.25. The van der Waals surface area contributed by atoms with Crippen molar-refractivity contribution in [2.24, 2.45) is 29.1 Å². The topological polar surface area (TPSA) is 86.1 Å². The molecule has 33 heavy (non-hydrogen) atoms. The first-order chi connectivity index (χ1) is 15.8. The number of halogens is 1. The van der Waals surface area contributed by atoms with Crippen molar-refractivity contribution in [3.05, 3.63) is 48.0 Å². The van der Waals surface area contributed by atoms with Gasteiger partial charge in [0.2, 0.25) is 5.91 Å². The summed E-state index contributed by atoms with van der Waals surface area (Å²) in [5.41, 5.74) is 2.06. The van der Waals surface area contributed by atoms with E-state index in [-0.39, 0.29) is 46.7 Å². The maximum atomic E-state index is 14.7. The predicted octanol–water partition coefficient (Wildman–Crippen LogP) is 4.07. The first-order valence-electron chi connectivity index (χ1n) is 11.4. The second-order valence-electron chi connectivity index (χ2n) is 10.0. The Bertz CT molecular complexity index is 1300. The van der Waals surface area contributed by atoms with Crippen molar-refractivity contribution in [3.63, 3.8) is 0 Å². The Balaban J connectivity index is 1.21. The maximum Gasteiger partial charge on any atom is 0.312 e. The van der Waals surface area contributed by atoms with E-state index in [0.29, 0.717) is 17.3 Å². The summed E-state index contributed by atoms with van der Waals surface area (Å²) in [6.07, 6.45) is 4.99. The van der Waals surface area contributed by atoms with E-state index in [9.17, 15) is 14.0 Å². The standard InChI is InChI=1S/C25H25FN4O3/c1-12(2)13-6-14-11-30(29-22(14)27-10-13)19-7-15(4-5-18(19)26)28-23(31)20-16-8-25(24(32)33-3)9-17(20)21(16)25/h4-7,10-12,16-17,20-21H,8-9H2,1-3H3,(H,28,31). The fourth-order valence-corrected chi connectivity index (χ4v) is 6.40. The van der Waals surface area contributed by atoms with Gasteiger partial charge in [-0.25, -0.2) is 14.1 Å². The Morgan fingerprint density at radius 2 is 2.00 bits per heavy atom.